The standard InChI is InChI=1S/C38H29Cl3N2O5S/c1-45-33-19-25(8-17-32(33)47-22-24-6-4-3-5-7-24)23-48-36-31(41)18-26(20-34(36)46-2)21-35-37(44)43(30-15-11-28(40)12-16-30)38(49-35)42-29-13-9-27(39)10-14-29/h3-21H,22-23H2,1-2H3/b35-21+,42-38?. The van der Waals surface area contributed by atoms with Gasteiger partial charge in [0.25, 0.3) is 5.91 Å². The molecule has 1 heterocycles. The molecule has 7 nitrogen and oxygen atoms in total. The first-order valence-corrected chi connectivity index (χ1v) is 16.9. The van der Waals surface area contributed by atoms with Gasteiger partial charge in [0.05, 0.1) is 35.5 Å². The van der Waals surface area contributed by atoms with E-state index in [1.54, 1.807) is 78.7 Å². The van der Waals surface area contributed by atoms with Gasteiger partial charge in [0.15, 0.2) is 28.2 Å². The zero-order valence-corrected chi connectivity index (χ0v) is 29.4. The Bertz CT molecular complexity index is 2020. The number of rotatable bonds is 11. The van der Waals surface area contributed by atoms with Crippen molar-refractivity contribution in [2.75, 3.05) is 19.1 Å². The Morgan fingerprint density at radius 2 is 1.39 bits per heavy atom. The highest BCUT2D eigenvalue weighted by Crippen LogP contribution is 2.41. The molecule has 6 rings (SSSR count). The summed E-state index contributed by atoms with van der Waals surface area (Å²) in [6.45, 7) is 0.614. The third-order valence-electron chi connectivity index (χ3n) is 7.34. The summed E-state index contributed by atoms with van der Waals surface area (Å²) in [5, 5.41) is 1.95. The van der Waals surface area contributed by atoms with E-state index in [9.17, 15) is 4.79 Å². The number of carbonyl (C=O) groups is 1. The van der Waals surface area contributed by atoms with E-state index >= 15 is 0 Å². The minimum Gasteiger partial charge on any atom is -0.493 e. The molecule has 0 N–H and O–H groups in total. The van der Waals surface area contributed by atoms with Crippen molar-refractivity contribution in [3.8, 4) is 23.0 Å². The Morgan fingerprint density at radius 3 is 2.08 bits per heavy atom. The highest BCUT2D eigenvalue weighted by Gasteiger charge is 2.35. The van der Waals surface area contributed by atoms with Crippen molar-refractivity contribution in [2.45, 2.75) is 13.2 Å². The zero-order valence-electron chi connectivity index (χ0n) is 26.4. The summed E-state index contributed by atoms with van der Waals surface area (Å²) in [5.74, 6) is 1.74. The second kappa shape index (κ2) is 15.7. The molecule has 5 aromatic carbocycles. The Balaban J connectivity index is 1.22. The van der Waals surface area contributed by atoms with Crippen LogP contribution in [0.3, 0.4) is 0 Å². The first-order chi connectivity index (χ1) is 23.8. The average molecular weight is 732 g/mol. The summed E-state index contributed by atoms with van der Waals surface area (Å²) in [6, 6.07) is 33.1. The number of aliphatic imine (C=N–C) groups is 1. The van der Waals surface area contributed by atoms with Crippen LogP contribution >= 0.6 is 46.6 Å². The third-order valence-corrected chi connectivity index (χ3v) is 9.09. The van der Waals surface area contributed by atoms with Crippen molar-refractivity contribution >= 4 is 75.1 Å². The number of thioether (sulfide) groups is 1. The van der Waals surface area contributed by atoms with E-state index < -0.39 is 0 Å². The van der Waals surface area contributed by atoms with Gasteiger partial charge < -0.3 is 18.9 Å². The van der Waals surface area contributed by atoms with Crippen LogP contribution in [0.1, 0.15) is 16.7 Å². The van der Waals surface area contributed by atoms with Gasteiger partial charge in [0, 0.05) is 10.0 Å². The summed E-state index contributed by atoms with van der Waals surface area (Å²) in [4.78, 5) is 20.5. The van der Waals surface area contributed by atoms with Crippen molar-refractivity contribution in [1.29, 1.82) is 0 Å². The van der Waals surface area contributed by atoms with Crippen molar-refractivity contribution < 1.29 is 23.7 Å². The summed E-state index contributed by atoms with van der Waals surface area (Å²) in [7, 11) is 3.13. The lowest BCUT2D eigenvalue weighted by Crippen LogP contribution is -2.28. The SMILES string of the molecule is COc1cc(COc2c(Cl)cc(/C=C3/SC(=Nc4ccc(Cl)cc4)N(c4ccc(Cl)cc4)C3=O)cc2OC)ccc1OCc1ccccc1. The van der Waals surface area contributed by atoms with Crippen LogP contribution < -0.4 is 23.8 Å². The maximum atomic E-state index is 13.8. The maximum absolute atomic E-state index is 13.8. The predicted molar refractivity (Wildman–Crippen MR) is 199 cm³/mol. The number of anilines is 1. The minimum atomic E-state index is -0.249. The summed E-state index contributed by atoms with van der Waals surface area (Å²) < 4.78 is 23.4. The van der Waals surface area contributed by atoms with Gasteiger partial charge in [0.1, 0.15) is 13.2 Å². The van der Waals surface area contributed by atoms with Gasteiger partial charge in [-0.15, -0.1) is 0 Å². The van der Waals surface area contributed by atoms with Gasteiger partial charge in [-0.1, -0.05) is 71.2 Å². The molecular weight excluding hydrogens is 703 g/mol. The minimum absolute atomic E-state index is 0.195. The van der Waals surface area contributed by atoms with Crippen molar-refractivity contribution in [2.24, 2.45) is 4.99 Å². The van der Waals surface area contributed by atoms with Gasteiger partial charge in [-0.05, 0) is 107 Å². The number of hydrogen-bond donors (Lipinski definition) is 0. The van der Waals surface area contributed by atoms with Gasteiger partial charge in [0.2, 0.25) is 0 Å². The fraction of sp³-hybridized carbons (Fsp3) is 0.105. The van der Waals surface area contributed by atoms with E-state index in [2.05, 4.69) is 0 Å². The molecule has 0 spiro atoms. The molecule has 5 aromatic rings. The summed E-state index contributed by atoms with van der Waals surface area (Å²) in [5.41, 5.74) is 3.83. The van der Waals surface area contributed by atoms with E-state index in [1.807, 2.05) is 48.5 Å². The number of amidine groups is 1. The molecule has 0 aromatic heterocycles. The van der Waals surface area contributed by atoms with Crippen molar-refractivity contribution in [3.63, 3.8) is 0 Å². The van der Waals surface area contributed by atoms with Crippen LogP contribution in [-0.4, -0.2) is 25.3 Å². The monoisotopic (exact) mass is 730 g/mol. The highest BCUT2D eigenvalue weighted by atomic mass is 35.5. The number of halogens is 3. The molecular formula is C38H29Cl3N2O5S. The lowest BCUT2D eigenvalue weighted by atomic mass is 10.1. The molecule has 0 unspecified atom stereocenters. The molecule has 1 fully saturated rings. The molecule has 0 saturated carbocycles. The van der Waals surface area contributed by atoms with Crippen LogP contribution in [0.15, 0.2) is 119 Å². The lowest BCUT2D eigenvalue weighted by molar-refractivity contribution is -0.113. The van der Waals surface area contributed by atoms with Gasteiger partial charge >= 0.3 is 0 Å². The number of amides is 1. The number of ether oxygens (including phenoxy) is 4. The zero-order chi connectivity index (χ0) is 34.3. The van der Waals surface area contributed by atoms with Crippen LogP contribution in [0.25, 0.3) is 6.08 Å². The molecule has 11 heteroatoms. The smallest absolute Gasteiger partial charge is 0.271 e. The highest BCUT2D eigenvalue weighted by molar-refractivity contribution is 8.19. The Hall–Kier alpha value is -4.60. The Morgan fingerprint density at radius 1 is 0.714 bits per heavy atom. The Kier molecular flexibility index (Phi) is 11.0. The van der Waals surface area contributed by atoms with Crippen LogP contribution in [0.5, 0.6) is 23.0 Å². The lowest BCUT2D eigenvalue weighted by Gasteiger charge is -2.16. The second-order valence-electron chi connectivity index (χ2n) is 10.7. The molecule has 0 radical (unpaired) electrons. The van der Waals surface area contributed by atoms with Gasteiger partial charge in [-0.3, -0.25) is 9.69 Å². The first kappa shape index (κ1) is 34.3. The maximum Gasteiger partial charge on any atom is 0.271 e. The predicted octanol–water partition coefficient (Wildman–Crippen LogP) is 10.6. The normalized spacial score (nSPS) is 14.4. The molecule has 49 heavy (non-hydrogen) atoms. The number of benzene rings is 5. The largest absolute Gasteiger partial charge is 0.493 e. The van der Waals surface area contributed by atoms with Crippen molar-refractivity contribution in [3.05, 3.63) is 146 Å². The molecule has 1 amide bonds. The van der Waals surface area contributed by atoms with Crippen LogP contribution in [-0.2, 0) is 18.0 Å². The molecule has 0 bridgehead atoms. The van der Waals surface area contributed by atoms with Crippen LogP contribution in [0.2, 0.25) is 15.1 Å². The molecule has 0 aliphatic carbocycles. The molecule has 248 valence electrons. The van der Waals surface area contributed by atoms with Crippen LogP contribution in [0, 0.1) is 0 Å². The average Bonchev–Trinajstić information content (AvgIpc) is 3.41. The molecule has 1 aliphatic heterocycles. The van der Waals surface area contributed by atoms with Gasteiger partial charge in [-0.25, -0.2) is 4.99 Å². The number of carbonyl (C=O) groups excluding carboxylic acids is 1. The number of nitrogens with zero attached hydrogens (tertiary/aromatic N) is 2. The van der Waals surface area contributed by atoms with E-state index in [1.165, 1.54) is 18.9 Å². The first-order valence-electron chi connectivity index (χ1n) is 15.0. The summed E-state index contributed by atoms with van der Waals surface area (Å²) in [6.07, 6.45) is 1.75. The van der Waals surface area contributed by atoms with Crippen LogP contribution in [0.4, 0.5) is 11.4 Å². The summed E-state index contributed by atoms with van der Waals surface area (Å²) >= 11 is 20.2. The molecule has 1 saturated heterocycles. The molecule has 1 aliphatic rings. The third kappa shape index (κ3) is 8.35. The quantitative estimate of drug-likeness (QED) is 0.126. The van der Waals surface area contributed by atoms with E-state index in [0.29, 0.717) is 71.7 Å². The topological polar surface area (TPSA) is 69.6 Å². The van der Waals surface area contributed by atoms with Crippen molar-refractivity contribution in [1.82, 2.24) is 0 Å². The van der Waals surface area contributed by atoms with E-state index in [4.69, 9.17) is 58.7 Å². The number of hydrogen-bond acceptors (Lipinski definition) is 7. The Labute approximate surface area is 303 Å². The molecule has 0 atom stereocenters. The number of methoxy groups -OCH3 is 2. The van der Waals surface area contributed by atoms with E-state index in [0.717, 1.165) is 11.1 Å². The fourth-order valence-corrected chi connectivity index (χ4v) is 6.45. The van der Waals surface area contributed by atoms with E-state index in [-0.39, 0.29) is 12.5 Å². The fourth-order valence-electron chi connectivity index (χ4n) is 4.92. The second-order valence-corrected chi connectivity index (χ2v) is 13.0. The van der Waals surface area contributed by atoms with Gasteiger partial charge in [-0.2, -0.15) is 0 Å².